The maximum Gasteiger partial charge on any atom is 0.256 e. The van der Waals surface area contributed by atoms with E-state index in [1.807, 2.05) is 22.9 Å². The van der Waals surface area contributed by atoms with Crippen LogP contribution in [0.2, 0.25) is 0 Å². The fourth-order valence-electron chi connectivity index (χ4n) is 2.61. The highest BCUT2D eigenvalue weighted by Crippen LogP contribution is 2.20. The summed E-state index contributed by atoms with van der Waals surface area (Å²) in [5, 5.41) is 6.57. The molecule has 6 heteroatoms. The average molecular weight is 317 g/mol. The van der Waals surface area contributed by atoms with E-state index in [0.29, 0.717) is 11.3 Å². The van der Waals surface area contributed by atoms with Crippen LogP contribution in [0.25, 0.3) is 0 Å². The van der Waals surface area contributed by atoms with Gasteiger partial charge < -0.3 is 15.0 Å². The fourth-order valence-corrected chi connectivity index (χ4v) is 3.24. The van der Waals surface area contributed by atoms with Gasteiger partial charge in [0, 0.05) is 18.5 Å². The molecule has 2 aromatic rings. The van der Waals surface area contributed by atoms with E-state index in [1.165, 1.54) is 11.3 Å². The third-order valence-electron chi connectivity index (χ3n) is 3.53. The normalized spacial score (nSPS) is 21.6. The van der Waals surface area contributed by atoms with Crippen LogP contribution in [0.5, 0.6) is 0 Å². The van der Waals surface area contributed by atoms with Gasteiger partial charge in [-0.3, -0.25) is 4.79 Å². The van der Waals surface area contributed by atoms with Crippen LogP contribution < -0.4 is 10.2 Å². The third kappa shape index (κ3) is 3.45. The van der Waals surface area contributed by atoms with Crippen molar-refractivity contribution in [3.63, 3.8) is 0 Å². The lowest BCUT2D eigenvalue weighted by molar-refractivity contribution is -0.00545. The molecule has 3 rings (SSSR count). The minimum absolute atomic E-state index is 0.107. The van der Waals surface area contributed by atoms with Gasteiger partial charge in [0.1, 0.15) is 5.82 Å². The van der Waals surface area contributed by atoms with E-state index in [-0.39, 0.29) is 18.1 Å². The highest BCUT2D eigenvalue weighted by Gasteiger charge is 2.23. The number of nitrogens with one attached hydrogen (secondary N) is 1. The summed E-state index contributed by atoms with van der Waals surface area (Å²) in [7, 11) is 0. The minimum atomic E-state index is -0.107. The smallest absolute Gasteiger partial charge is 0.256 e. The average Bonchev–Trinajstić information content (AvgIpc) is 3.01. The van der Waals surface area contributed by atoms with Gasteiger partial charge in [-0.1, -0.05) is 0 Å². The number of aromatic nitrogens is 1. The van der Waals surface area contributed by atoms with Crippen LogP contribution in [0.1, 0.15) is 24.2 Å². The maximum atomic E-state index is 12.0. The molecule has 0 bridgehead atoms. The molecule has 3 heterocycles. The lowest BCUT2D eigenvalue weighted by Gasteiger charge is -2.36. The van der Waals surface area contributed by atoms with Crippen molar-refractivity contribution in [3.8, 4) is 0 Å². The molecule has 1 amide bonds. The molecule has 2 aromatic heterocycles. The number of carbonyl (C=O) groups is 1. The third-order valence-corrected chi connectivity index (χ3v) is 4.22. The van der Waals surface area contributed by atoms with E-state index in [1.54, 1.807) is 12.3 Å². The molecule has 1 saturated heterocycles. The molecule has 1 N–H and O–H groups in total. The number of pyridine rings is 1. The Kier molecular flexibility index (Phi) is 4.40. The van der Waals surface area contributed by atoms with Gasteiger partial charge in [0.05, 0.1) is 29.7 Å². The Bertz CT molecular complexity index is 617. The van der Waals surface area contributed by atoms with Gasteiger partial charge in [-0.05, 0) is 37.4 Å². The highest BCUT2D eigenvalue weighted by molar-refractivity contribution is 7.08. The van der Waals surface area contributed by atoms with Gasteiger partial charge in [0.15, 0.2) is 0 Å². The molecule has 22 heavy (non-hydrogen) atoms. The molecule has 0 spiro atoms. The van der Waals surface area contributed by atoms with Crippen LogP contribution >= 0.6 is 11.3 Å². The number of thiophene rings is 1. The van der Waals surface area contributed by atoms with E-state index >= 15 is 0 Å². The van der Waals surface area contributed by atoms with Gasteiger partial charge >= 0.3 is 0 Å². The minimum Gasteiger partial charge on any atom is -0.372 e. The molecule has 1 aliphatic heterocycles. The zero-order chi connectivity index (χ0) is 15.5. The first-order valence-corrected chi connectivity index (χ1v) is 8.26. The van der Waals surface area contributed by atoms with Crippen molar-refractivity contribution in [2.45, 2.75) is 26.1 Å². The van der Waals surface area contributed by atoms with Gasteiger partial charge in [0.2, 0.25) is 0 Å². The topological polar surface area (TPSA) is 54.5 Å². The van der Waals surface area contributed by atoms with Crippen molar-refractivity contribution in [2.75, 3.05) is 23.3 Å². The van der Waals surface area contributed by atoms with Gasteiger partial charge in [-0.25, -0.2) is 4.98 Å². The van der Waals surface area contributed by atoms with Crippen molar-refractivity contribution >= 4 is 28.7 Å². The number of hydrogen-bond donors (Lipinski definition) is 1. The Morgan fingerprint density at radius 2 is 2.09 bits per heavy atom. The summed E-state index contributed by atoms with van der Waals surface area (Å²) in [5.74, 6) is 0.806. The summed E-state index contributed by atoms with van der Waals surface area (Å²) in [5.41, 5.74) is 1.37. The molecule has 2 atom stereocenters. The molecule has 5 nitrogen and oxygen atoms in total. The maximum absolute atomic E-state index is 12.0. The number of rotatable bonds is 3. The van der Waals surface area contributed by atoms with E-state index in [9.17, 15) is 4.79 Å². The monoisotopic (exact) mass is 317 g/mol. The number of ether oxygens (including phenoxy) is 1. The van der Waals surface area contributed by atoms with Crippen molar-refractivity contribution in [1.29, 1.82) is 0 Å². The van der Waals surface area contributed by atoms with Gasteiger partial charge in [-0.15, -0.1) is 0 Å². The Morgan fingerprint density at radius 3 is 2.68 bits per heavy atom. The summed E-state index contributed by atoms with van der Waals surface area (Å²) in [6.45, 7) is 5.80. The van der Waals surface area contributed by atoms with Crippen LogP contribution in [-0.4, -0.2) is 36.2 Å². The lowest BCUT2D eigenvalue weighted by atomic mass is 10.2. The Hall–Kier alpha value is -1.92. The molecule has 0 unspecified atom stereocenters. The standard InChI is InChI=1S/C16H19N3O2S/c1-11-8-19(9-12(2)21-11)15-4-3-14(7-17-15)18-16(20)13-5-6-22-10-13/h3-7,10-12H,8-9H2,1-2H3,(H,18,20)/t11-,12-/m1/s1. The summed E-state index contributed by atoms with van der Waals surface area (Å²) < 4.78 is 5.73. The van der Waals surface area contributed by atoms with Crippen LogP contribution in [0.15, 0.2) is 35.2 Å². The summed E-state index contributed by atoms with van der Waals surface area (Å²) in [4.78, 5) is 18.7. The van der Waals surface area contributed by atoms with E-state index in [0.717, 1.165) is 18.9 Å². The second-order valence-corrected chi connectivity index (χ2v) is 6.31. The van der Waals surface area contributed by atoms with E-state index < -0.39 is 0 Å². The quantitative estimate of drug-likeness (QED) is 0.945. The number of nitrogens with zero attached hydrogens (tertiary/aromatic N) is 2. The number of hydrogen-bond acceptors (Lipinski definition) is 5. The second kappa shape index (κ2) is 6.46. The zero-order valence-corrected chi connectivity index (χ0v) is 13.5. The number of anilines is 2. The summed E-state index contributed by atoms with van der Waals surface area (Å²) in [6.07, 6.45) is 2.09. The van der Waals surface area contributed by atoms with Crippen molar-refractivity contribution in [1.82, 2.24) is 4.98 Å². The fraction of sp³-hybridized carbons (Fsp3) is 0.375. The van der Waals surface area contributed by atoms with Crippen LogP contribution in [0.3, 0.4) is 0 Å². The molecule has 0 aromatic carbocycles. The largest absolute Gasteiger partial charge is 0.372 e. The Balaban J connectivity index is 1.66. The molecule has 1 aliphatic rings. The molecule has 0 saturated carbocycles. The van der Waals surface area contributed by atoms with Crippen molar-refractivity contribution < 1.29 is 9.53 Å². The van der Waals surface area contributed by atoms with Crippen LogP contribution in [0.4, 0.5) is 11.5 Å². The Labute approximate surface area is 133 Å². The number of carbonyl (C=O) groups excluding carboxylic acids is 1. The van der Waals surface area contributed by atoms with Crippen LogP contribution in [0, 0.1) is 0 Å². The first-order valence-electron chi connectivity index (χ1n) is 7.32. The second-order valence-electron chi connectivity index (χ2n) is 5.53. The molecular formula is C16H19N3O2S. The van der Waals surface area contributed by atoms with Gasteiger partial charge in [-0.2, -0.15) is 11.3 Å². The van der Waals surface area contributed by atoms with E-state index in [2.05, 4.69) is 29.0 Å². The predicted octanol–water partition coefficient (Wildman–Crippen LogP) is 3.01. The van der Waals surface area contributed by atoms with Crippen molar-refractivity contribution in [2.24, 2.45) is 0 Å². The first-order chi connectivity index (χ1) is 10.6. The molecule has 0 aliphatic carbocycles. The zero-order valence-electron chi connectivity index (χ0n) is 12.7. The van der Waals surface area contributed by atoms with E-state index in [4.69, 9.17) is 4.74 Å². The molecular weight excluding hydrogens is 298 g/mol. The molecule has 116 valence electrons. The first kappa shape index (κ1) is 15.0. The lowest BCUT2D eigenvalue weighted by Crippen LogP contribution is -2.45. The number of amides is 1. The summed E-state index contributed by atoms with van der Waals surface area (Å²) >= 11 is 1.51. The van der Waals surface area contributed by atoms with Crippen LogP contribution in [-0.2, 0) is 4.74 Å². The molecule has 1 fully saturated rings. The molecule has 0 radical (unpaired) electrons. The summed E-state index contributed by atoms with van der Waals surface area (Å²) in [6, 6.07) is 5.63. The predicted molar refractivity (Wildman–Crippen MR) is 88.7 cm³/mol. The number of morpholine rings is 1. The van der Waals surface area contributed by atoms with Crippen molar-refractivity contribution in [3.05, 3.63) is 40.7 Å². The van der Waals surface area contributed by atoms with Gasteiger partial charge in [0.25, 0.3) is 5.91 Å². The highest BCUT2D eigenvalue weighted by atomic mass is 32.1. The Morgan fingerprint density at radius 1 is 1.32 bits per heavy atom. The SMILES string of the molecule is C[C@@H]1CN(c2ccc(NC(=O)c3ccsc3)cn2)C[C@@H](C)O1.